The molecular formula is C23H41N7O7. The number of terminal acetylenes is 1. The summed E-state index contributed by atoms with van der Waals surface area (Å²) in [5.41, 5.74) is -0.659. The number of aromatic nitrogens is 4. The number of aliphatic hydroxyl groups excluding tert-OH is 1. The number of aliphatic hydroxyl groups is 1. The van der Waals surface area contributed by atoms with Crippen molar-refractivity contribution in [2.24, 2.45) is 0 Å². The Hall–Kier alpha value is -2.83. The molecule has 1 aromatic rings. The highest BCUT2D eigenvalue weighted by atomic mass is 16.6. The van der Waals surface area contributed by atoms with Gasteiger partial charge < -0.3 is 34.7 Å². The number of rotatable bonds is 20. The second-order valence-electron chi connectivity index (χ2n) is 8.90. The highest BCUT2D eigenvalue weighted by Gasteiger charge is 2.23. The zero-order valence-corrected chi connectivity index (χ0v) is 22.0. The van der Waals surface area contributed by atoms with E-state index in [1.165, 1.54) is 0 Å². The van der Waals surface area contributed by atoms with Crippen LogP contribution in [-0.4, -0.2) is 121 Å². The van der Waals surface area contributed by atoms with Crippen LogP contribution >= 0.6 is 0 Å². The first kappa shape index (κ1) is 32.2. The van der Waals surface area contributed by atoms with Gasteiger partial charge in [-0.2, -0.15) is 5.21 Å². The number of carbonyl (C=O) groups excluding carboxylic acids is 2. The third-order valence-electron chi connectivity index (χ3n) is 4.62. The summed E-state index contributed by atoms with van der Waals surface area (Å²) in [5, 5.41) is 28.0. The van der Waals surface area contributed by atoms with E-state index in [1.807, 2.05) is 4.90 Å². The zero-order valence-electron chi connectivity index (χ0n) is 22.0. The lowest BCUT2D eigenvalue weighted by atomic mass is 10.1. The van der Waals surface area contributed by atoms with Crippen LogP contribution in [0.25, 0.3) is 0 Å². The molecule has 2 amide bonds. The summed E-state index contributed by atoms with van der Waals surface area (Å²) >= 11 is 0. The van der Waals surface area contributed by atoms with E-state index in [0.717, 1.165) is 0 Å². The molecule has 0 unspecified atom stereocenters. The molecule has 0 radical (unpaired) electrons. The Kier molecular flexibility index (Phi) is 16.8. The van der Waals surface area contributed by atoms with Gasteiger partial charge in [0.2, 0.25) is 5.91 Å². The maximum Gasteiger partial charge on any atom is 0.408 e. The minimum atomic E-state index is -0.659. The van der Waals surface area contributed by atoms with E-state index >= 15 is 0 Å². The van der Waals surface area contributed by atoms with E-state index in [0.29, 0.717) is 65.8 Å². The first-order valence-corrected chi connectivity index (χ1v) is 12.2. The fourth-order valence-corrected chi connectivity index (χ4v) is 2.94. The van der Waals surface area contributed by atoms with Crippen LogP contribution in [-0.2, 0) is 23.7 Å². The Morgan fingerprint density at radius 2 is 1.78 bits per heavy atom. The van der Waals surface area contributed by atoms with E-state index in [2.05, 4.69) is 37.2 Å². The molecule has 14 heteroatoms. The zero-order chi connectivity index (χ0) is 27.4. The Morgan fingerprint density at radius 1 is 1.11 bits per heavy atom. The summed E-state index contributed by atoms with van der Waals surface area (Å²) in [6.07, 6.45) is 5.06. The van der Waals surface area contributed by atoms with Gasteiger partial charge in [-0.1, -0.05) is 11.1 Å². The molecule has 210 valence electrons. The number of ether oxygens (including phenoxy) is 4. The largest absolute Gasteiger partial charge is 0.444 e. The second kappa shape index (κ2) is 19.3. The Morgan fingerprint density at radius 3 is 2.38 bits per heavy atom. The number of H-pyrrole nitrogens is 1. The molecule has 0 fully saturated rings. The minimum absolute atomic E-state index is 0.0593. The van der Waals surface area contributed by atoms with Crippen LogP contribution in [0.3, 0.4) is 0 Å². The molecule has 0 saturated carbocycles. The average molecular weight is 528 g/mol. The highest BCUT2D eigenvalue weighted by Crippen LogP contribution is 2.15. The van der Waals surface area contributed by atoms with E-state index in [4.69, 9.17) is 30.5 Å². The molecule has 0 saturated heterocycles. The van der Waals surface area contributed by atoms with E-state index < -0.39 is 17.7 Å². The predicted molar refractivity (Wildman–Crippen MR) is 133 cm³/mol. The van der Waals surface area contributed by atoms with Crippen molar-refractivity contribution in [3.05, 3.63) is 5.82 Å². The maximum absolute atomic E-state index is 12.2. The first-order chi connectivity index (χ1) is 17.7. The van der Waals surface area contributed by atoms with Crippen molar-refractivity contribution in [1.82, 2.24) is 36.2 Å². The highest BCUT2D eigenvalue weighted by molar-refractivity contribution is 5.76. The van der Waals surface area contributed by atoms with Gasteiger partial charge in [0.25, 0.3) is 0 Å². The fourth-order valence-electron chi connectivity index (χ4n) is 2.94. The molecule has 1 atom stereocenters. The van der Waals surface area contributed by atoms with Crippen LogP contribution in [0.5, 0.6) is 0 Å². The predicted octanol–water partition coefficient (Wildman–Crippen LogP) is -0.361. The third kappa shape index (κ3) is 17.3. The normalized spacial score (nSPS) is 12.2. The molecule has 1 aromatic heterocycles. The molecular weight excluding hydrogens is 486 g/mol. The summed E-state index contributed by atoms with van der Waals surface area (Å²) in [6, 6.07) is -0.626. The molecule has 0 aliphatic rings. The summed E-state index contributed by atoms with van der Waals surface area (Å²) in [4.78, 5) is 26.2. The van der Waals surface area contributed by atoms with Crippen molar-refractivity contribution in [2.75, 3.05) is 72.4 Å². The van der Waals surface area contributed by atoms with E-state index in [9.17, 15) is 9.59 Å². The number of hydrogen-bond donors (Lipinski definition) is 4. The van der Waals surface area contributed by atoms with Crippen LogP contribution in [0.15, 0.2) is 0 Å². The number of tetrazole rings is 1. The number of nitrogens with zero attached hydrogens (tertiary/aromatic N) is 4. The number of hydrogen-bond acceptors (Lipinski definition) is 11. The van der Waals surface area contributed by atoms with Crippen molar-refractivity contribution in [2.45, 2.75) is 45.3 Å². The van der Waals surface area contributed by atoms with Gasteiger partial charge in [0.15, 0.2) is 5.82 Å². The minimum Gasteiger partial charge on any atom is -0.444 e. The van der Waals surface area contributed by atoms with Crippen LogP contribution in [0.4, 0.5) is 4.79 Å². The molecule has 37 heavy (non-hydrogen) atoms. The standard InChI is InChI=1S/C23H41N7O7/c1-5-9-30(10-12-31)11-14-35-16-18-36-17-15-34-13-8-24-20(32)7-6-19(21-26-28-29-27-21)25-22(33)37-23(2,3)4/h1,19,31H,6-18H2,2-4H3,(H,24,32)(H,25,33)(H,26,27,28,29)/t19-/m0/s1. The third-order valence-corrected chi connectivity index (χ3v) is 4.62. The van der Waals surface area contributed by atoms with Gasteiger partial charge in [0, 0.05) is 26.1 Å². The summed E-state index contributed by atoms with van der Waals surface area (Å²) in [6.45, 7) is 9.86. The molecule has 14 nitrogen and oxygen atoms in total. The molecule has 4 N–H and O–H groups in total. The number of alkyl carbamates (subject to hydrolysis) is 1. The Bertz CT molecular complexity index is 781. The van der Waals surface area contributed by atoms with Gasteiger partial charge in [-0.25, -0.2) is 4.79 Å². The van der Waals surface area contributed by atoms with Crippen LogP contribution < -0.4 is 10.6 Å². The van der Waals surface area contributed by atoms with Gasteiger partial charge in [-0.3, -0.25) is 9.69 Å². The summed E-state index contributed by atoms with van der Waals surface area (Å²) in [7, 11) is 0. The SMILES string of the molecule is C#CCN(CCO)CCOCCOCCOCCNC(=O)CC[C@H](NC(=O)OC(C)(C)C)c1nn[nH]n1. The Balaban J connectivity index is 2.08. The van der Waals surface area contributed by atoms with Gasteiger partial charge in [-0.05, 0) is 27.2 Å². The number of aromatic amines is 1. The van der Waals surface area contributed by atoms with Gasteiger partial charge in [0.1, 0.15) is 5.60 Å². The van der Waals surface area contributed by atoms with Crippen molar-refractivity contribution in [3.8, 4) is 12.3 Å². The molecule has 1 rings (SSSR count). The Labute approximate surface area is 218 Å². The lowest BCUT2D eigenvalue weighted by Gasteiger charge is -2.22. The van der Waals surface area contributed by atoms with Crippen LogP contribution in [0.2, 0.25) is 0 Å². The van der Waals surface area contributed by atoms with Crippen LogP contribution in [0, 0.1) is 12.3 Å². The van der Waals surface area contributed by atoms with E-state index in [-0.39, 0.29) is 31.2 Å². The topological polar surface area (TPSA) is 173 Å². The van der Waals surface area contributed by atoms with Gasteiger partial charge in [-0.15, -0.1) is 16.6 Å². The molecule has 1 heterocycles. The van der Waals surface area contributed by atoms with Gasteiger partial charge in [0.05, 0.1) is 58.8 Å². The lowest BCUT2D eigenvalue weighted by molar-refractivity contribution is -0.121. The van der Waals surface area contributed by atoms with Gasteiger partial charge >= 0.3 is 6.09 Å². The lowest BCUT2D eigenvalue weighted by Crippen LogP contribution is -2.36. The van der Waals surface area contributed by atoms with Crippen molar-refractivity contribution in [3.63, 3.8) is 0 Å². The fraction of sp³-hybridized carbons (Fsp3) is 0.783. The molecule has 0 aliphatic heterocycles. The number of nitrogens with one attached hydrogen (secondary N) is 3. The summed E-state index contributed by atoms with van der Waals surface area (Å²) < 4.78 is 21.6. The number of carbonyl (C=O) groups is 2. The molecule has 0 spiro atoms. The number of amides is 2. The second-order valence-corrected chi connectivity index (χ2v) is 8.90. The molecule has 0 bridgehead atoms. The molecule has 0 aliphatic carbocycles. The quantitative estimate of drug-likeness (QED) is 0.129. The van der Waals surface area contributed by atoms with Crippen molar-refractivity contribution in [1.29, 1.82) is 0 Å². The average Bonchev–Trinajstić information content (AvgIpc) is 3.36. The van der Waals surface area contributed by atoms with Crippen molar-refractivity contribution >= 4 is 12.0 Å². The van der Waals surface area contributed by atoms with Crippen LogP contribution in [0.1, 0.15) is 45.5 Å². The smallest absolute Gasteiger partial charge is 0.408 e. The van der Waals surface area contributed by atoms with E-state index in [1.54, 1.807) is 20.8 Å². The van der Waals surface area contributed by atoms with Crippen molar-refractivity contribution < 1.29 is 33.6 Å². The first-order valence-electron chi connectivity index (χ1n) is 12.2. The monoisotopic (exact) mass is 527 g/mol. The summed E-state index contributed by atoms with van der Waals surface area (Å²) in [5.74, 6) is 2.61. The maximum atomic E-state index is 12.2. The molecule has 0 aromatic carbocycles.